The van der Waals surface area contributed by atoms with Crippen LogP contribution in [0.4, 0.5) is 0 Å². The number of imidazole rings is 1. The third-order valence-corrected chi connectivity index (χ3v) is 9.44. The van der Waals surface area contributed by atoms with Crippen LogP contribution in [0.5, 0.6) is 11.5 Å². The Labute approximate surface area is 304 Å². The van der Waals surface area contributed by atoms with Crippen molar-refractivity contribution in [3.8, 4) is 28.6 Å². The second-order valence-corrected chi connectivity index (χ2v) is 13.7. The molecule has 0 atom stereocenters. The van der Waals surface area contributed by atoms with Crippen molar-refractivity contribution in [2.45, 2.75) is 40.0 Å². The van der Waals surface area contributed by atoms with Crippen molar-refractivity contribution in [2.24, 2.45) is 0 Å². The molecule has 0 unspecified atom stereocenters. The molecule has 5 aromatic heterocycles. The van der Waals surface area contributed by atoms with Gasteiger partial charge in [-0.05, 0) is 60.0 Å². The van der Waals surface area contributed by atoms with Crippen molar-refractivity contribution in [3.05, 3.63) is 138 Å². The van der Waals surface area contributed by atoms with Crippen molar-refractivity contribution >= 4 is 49.3 Å². The number of hydrogen-bond donors (Lipinski definition) is 0. The Morgan fingerprint density at radius 1 is 0.660 bits per heavy atom. The van der Waals surface area contributed by atoms with Gasteiger partial charge in [-0.3, -0.25) is 4.98 Å². The van der Waals surface area contributed by atoms with Crippen molar-refractivity contribution in [1.29, 1.82) is 0 Å². The van der Waals surface area contributed by atoms with Gasteiger partial charge in [-0.2, -0.15) is 6.07 Å². The minimum atomic E-state index is -0.113. The Morgan fingerprint density at radius 2 is 1.38 bits per heavy atom. The van der Waals surface area contributed by atoms with Gasteiger partial charge in [0.1, 0.15) is 11.5 Å². The molecule has 0 N–H and O–H groups in total. The summed E-state index contributed by atoms with van der Waals surface area (Å²) >= 11 is 0. The van der Waals surface area contributed by atoms with Gasteiger partial charge in [0.15, 0.2) is 0 Å². The number of aromatic nitrogens is 5. The number of ether oxygens (including phenoxy) is 1. The number of benzene rings is 4. The zero-order valence-electron chi connectivity index (χ0n) is 28.4. The maximum atomic E-state index is 6.54. The van der Waals surface area contributed by atoms with Gasteiger partial charge in [-0.15, -0.1) is 29.7 Å². The molecular formula is C43H33N5OPt. The molecule has 246 valence electrons. The zero-order chi connectivity index (χ0) is 33.4. The molecule has 7 heteroatoms. The van der Waals surface area contributed by atoms with Crippen LogP contribution in [0.25, 0.3) is 66.3 Å². The molecule has 9 aromatic rings. The summed E-state index contributed by atoms with van der Waals surface area (Å²) in [6, 6.07) is 40.3. The largest absolute Gasteiger partial charge is 2.00 e. The average molecular weight is 831 g/mol. The van der Waals surface area contributed by atoms with E-state index in [0.717, 1.165) is 72.0 Å². The van der Waals surface area contributed by atoms with Crippen molar-refractivity contribution in [1.82, 2.24) is 23.9 Å². The smallest absolute Gasteiger partial charge is 0.503 e. The van der Waals surface area contributed by atoms with Crippen LogP contribution >= 0.6 is 0 Å². The molecule has 50 heavy (non-hydrogen) atoms. The van der Waals surface area contributed by atoms with Gasteiger partial charge < -0.3 is 13.7 Å². The van der Waals surface area contributed by atoms with Gasteiger partial charge in [0.2, 0.25) is 0 Å². The van der Waals surface area contributed by atoms with E-state index in [2.05, 4.69) is 121 Å². The van der Waals surface area contributed by atoms with Crippen LogP contribution in [-0.2, 0) is 26.5 Å². The minimum Gasteiger partial charge on any atom is -0.503 e. The topological polar surface area (TPSA) is 57.2 Å². The zero-order valence-corrected chi connectivity index (χ0v) is 30.6. The first-order valence-electron chi connectivity index (χ1n) is 16.5. The van der Waals surface area contributed by atoms with E-state index >= 15 is 0 Å². The van der Waals surface area contributed by atoms with Crippen LogP contribution in [0.3, 0.4) is 0 Å². The van der Waals surface area contributed by atoms with Gasteiger partial charge in [-0.1, -0.05) is 91.7 Å². The van der Waals surface area contributed by atoms with Crippen LogP contribution < -0.4 is 4.74 Å². The molecule has 0 fully saturated rings. The SMILES string of the molecule is Cc1cccc(C)c1-c1cnc2c3[c-]c(Oc4[c-]c5c(cc4)c4ccccc4n5-c4ccccn4)ccc3c3ccc(C(C)(C)C)nc3n12.[Pt+2]. The van der Waals surface area contributed by atoms with Crippen molar-refractivity contribution in [3.63, 3.8) is 0 Å². The fourth-order valence-corrected chi connectivity index (χ4v) is 7.10. The number of nitrogens with zero attached hydrogens (tertiary/aromatic N) is 5. The van der Waals surface area contributed by atoms with Gasteiger partial charge in [0.05, 0.1) is 11.3 Å². The van der Waals surface area contributed by atoms with Gasteiger partial charge >= 0.3 is 21.1 Å². The van der Waals surface area contributed by atoms with Crippen LogP contribution in [-0.4, -0.2) is 23.9 Å². The summed E-state index contributed by atoms with van der Waals surface area (Å²) in [5.74, 6) is 2.01. The fraction of sp³-hybridized carbons (Fsp3) is 0.140. The molecule has 0 radical (unpaired) electrons. The van der Waals surface area contributed by atoms with E-state index < -0.39 is 0 Å². The predicted molar refractivity (Wildman–Crippen MR) is 198 cm³/mol. The quantitative estimate of drug-likeness (QED) is 0.131. The number of aryl methyl sites for hydroxylation is 2. The Balaban J connectivity index is 0.00000361. The molecule has 0 spiro atoms. The van der Waals surface area contributed by atoms with E-state index in [9.17, 15) is 0 Å². The van der Waals surface area contributed by atoms with Crippen LogP contribution in [0, 0.1) is 26.0 Å². The summed E-state index contributed by atoms with van der Waals surface area (Å²) in [6.45, 7) is 10.9. The summed E-state index contributed by atoms with van der Waals surface area (Å²) < 4.78 is 10.9. The van der Waals surface area contributed by atoms with E-state index in [1.807, 2.05) is 48.8 Å². The molecule has 0 amide bonds. The van der Waals surface area contributed by atoms with E-state index in [4.69, 9.17) is 14.7 Å². The minimum absolute atomic E-state index is 0. The Hall–Kier alpha value is -5.32. The van der Waals surface area contributed by atoms with Crippen LogP contribution in [0.15, 0.2) is 109 Å². The van der Waals surface area contributed by atoms with Crippen LogP contribution in [0.1, 0.15) is 37.6 Å². The Morgan fingerprint density at radius 3 is 2.14 bits per heavy atom. The van der Waals surface area contributed by atoms with Gasteiger partial charge in [0, 0.05) is 46.1 Å². The molecule has 0 aliphatic rings. The number of hydrogen-bond acceptors (Lipinski definition) is 4. The monoisotopic (exact) mass is 830 g/mol. The molecule has 0 bridgehead atoms. The third kappa shape index (κ3) is 5.01. The third-order valence-electron chi connectivity index (χ3n) is 9.44. The van der Waals surface area contributed by atoms with Gasteiger partial charge in [-0.25, -0.2) is 9.97 Å². The van der Waals surface area contributed by atoms with E-state index in [1.165, 1.54) is 11.1 Å². The predicted octanol–water partition coefficient (Wildman–Crippen LogP) is 10.5. The summed E-state index contributed by atoms with van der Waals surface area (Å²) in [6.07, 6.45) is 3.78. The summed E-state index contributed by atoms with van der Waals surface area (Å²) in [5.41, 5.74) is 9.12. The molecule has 0 saturated heterocycles. The first kappa shape index (κ1) is 31.9. The standard InChI is InChI=1S/C43H33N5O.Pt/c1-26-11-10-12-27(2)40(26)37-25-45-41-34-23-28(16-18-30(34)33-20-21-38(43(3,4)5)46-42(33)48(37)41)49-29-17-19-32-31-13-6-7-14-35(31)47(36(32)24-29)39-15-8-9-22-44-39;/h6-22,25H,1-5H3;/q-2;+2. The molecule has 9 rings (SSSR count). The molecule has 0 saturated carbocycles. The maximum absolute atomic E-state index is 6.54. The normalized spacial score (nSPS) is 11.9. The fourth-order valence-electron chi connectivity index (χ4n) is 7.10. The Kier molecular flexibility index (Phi) is 7.61. The number of fused-ring (bicyclic) bond motifs is 9. The van der Waals surface area contributed by atoms with E-state index in [1.54, 1.807) is 0 Å². The summed E-state index contributed by atoms with van der Waals surface area (Å²) in [7, 11) is 0. The molecular weight excluding hydrogens is 798 g/mol. The van der Waals surface area contributed by atoms with Crippen molar-refractivity contribution < 1.29 is 25.8 Å². The number of rotatable bonds is 4. The average Bonchev–Trinajstić information content (AvgIpc) is 3.68. The first-order chi connectivity index (χ1) is 23.8. The summed E-state index contributed by atoms with van der Waals surface area (Å²) in [4.78, 5) is 15.0. The van der Waals surface area contributed by atoms with Crippen LogP contribution in [0.2, 0.25) is 0 Å². The number of para-hydroxylation sites is 1. The molecule has 4 aromatic carbocycles. The van der Waals surface area contributed by atoms with Crippen molar-refractivity contribution in [2.75, 3.05) is 0 Å². The van der Waals surface area contributed by atoms with E-state index in [-0.39, 0.29) is 26.5 Å². The maximum Gasteiger partial charge on any atom is 2.00 e. The Bertz CT molecular complexity index is 2740. The molecule has 5 heterocycles. The number of pyridine rings is 3. The van der Waals surface area contributed by atoms with Gasteiger partial charge in [0.25, 0.3) is 0 Å². The van der Waals surface area contributed by atoms with E-state index in [0.29, 0.717) is 11.5 Å². The molecule has 0 aliphatic heterocycles. The second kappa shape index (κ2) is 11.9. The summed E-state index contributed by atoms with van der Waals surface area (Å²) in [5, 5.41) is 5.16. The first-order valence-corrected chi connectivity index (χ1v) is 16.5. The molecule has 6 nitrogen and oxygen atoms in total. The second-order valence-electron chi connectivity index (χ2n) is 13.7. The molecule has 0 aliphatic carbocycles.